The van der Waals surface area contributed by atoms with Crippen LogP contribution in [0.5, 0.6) is 5.75 Å². The van der Waals surface area contributed by atoms with E-state index in [0.717, 1.165) is 11.3 Å². The van der Waals surface area contributed by atoms with Gasteiger partial charge in [0.05, 0.1) is 32.2 Å². The number of aryl methyl sites for hydroxylation is 1. The Morgan fingerprint density at radius 1 is 1.60 bits per heavy atom. The van der Waals surface area contributed by atoms with Crippen molar-refractivity contribution in [1.82, 2.24) is 4.90 Å². The molecule has 1 fully saturated rings. The molecule has 0 N–H and O–H groups in total. The second-order valence-corrected chi connectivity index (χ2v) is 4.74. The molecule has 2 rings (SSSR count). The van der Waals surface area contributed by atoms with Crippen LogP contribution in [0.2, 0.25) is 0 Å². The summed E-state index contributed by atoms with van der Waals surface area (Å²) in [4.78, 5) is 13.7. The molecule has 5 nitrogen and oxygen atoms in total. The van der Waals surface area contributed by atoms with Crippen LogP contribution < -0.4 is 4.74 Å². The van der Waals surface area contributed by atoms with Crippen molar-refractivity contribution in [3.05, 3.63) is 29.8 Å². The predicted molar refractivity (Wildman–Crippen MR) is 73.2 cm³/mol. The van der Waals surface area contributed by atoms with Crippen molar-refractivity contribution in [2.75, 3.05) is 26.3 Å². The molecular formula is C15H18N2O3. The fourth-order valence-corrected chi connectivity index (χ4v) is 2.07. The molecule has 0 saturated carbocycles. The lowest BCUT2D eigenvalue weighted by Crippen LogP contribution is -2.45. The summed E-state index contributed by atoms with van der Waals surface area (Å²) in [6, 6.07) is 9.75. The monoisotopic (exact) mass is 274 g/mol. The topological polar surface area (TPSA) is 62.6 Å². The summed E-state index contributed by atoms with van der Waals surface area (Å²) in [7, 11) is 0. The average Bonchev–Trinajstić information content (AvgIpc) is 2.47. The van der Waals surface area contributed by atoms with Crippen LogP contribution in [0.15, 0.2) is 24.3 Å². The molecule has 1 aromatic carbocycles. The minimum absolute atomic E-state index is 0.00111. The second-order valence-electron chi connectivity index (χ2n) is 4.74. The van der Waals surface area contributed by atoms with E-state index in [9.17, 15) is 4.79 Å². The fourth-order valence-electron chi connectivity index (χ4n) is 2.07. The van der Waals surface area contributed by atoms with Gasteiger partial charge in [0.2, 0.25) is 5.91 Å². The number of carbonyl (C=O) groups excluding carboxylic acids is 1. The first-order chi connectivity index (χ1) is 9.69. The number of rotatable bonds is 4. The third-order valence-corrected chi connectivity index (χ3v) is 3.14. The highest BCUT2D eigenvalue weighted by Crippen LogP contribution is 2.13. The van der Waals surface area contributed by atoms with Crippen molar-refractivity contribution >= 4 is 5.91 Å². The Bertz CT molecular complexity index is 510. The number of nitriles is 1. The lowest BCUT2D eigenvalue weighted by Gasteiger charge is -2.29. The van der Waals surface area contributed by atoms with Crippen molar-refractivity contribution in [3.63, 3.8) is 0 Å². The van der Waals surface area contributed by atoms with Crippen molar-refractivity contribution in [1.29, 1.82) is 5.26 Å². The zero-order valence-corrected chi connectivity index (χ0v) is 11.5. The van der Waals surface area contributed by atoms with Crippen LogP contribution in [-0.4, -0.2) is 43.2 Å². The normalized spacial score (nSPS) is 18.4. The molecule has 0 radical (unpaired) electrons. The summed E-state index contributed by atoms with van der Waals surface area (Å²) >= 11 is 0. The molecule has 0 spiro atoms. The van der Waals surface area contributed by atoms with Gasteiger partial charge in [-0.15, -0.1) is 0 Å². The molecular weight excluding hydrogens is 256 g/mol. The summed E-state index contributed by atoms with van der Waals surface area (Å²) in [5.41, 5.74) is 1.12. The van der Waals surface area contributed by atoms with Gasteiger partial charge in [-0.3, -0.25) is 4.79 Å². The molecule has 1 aliphatic rings. The van der Waals surface area contributed by atoms with E-state index in [-0.39, 0.29) is 5.91 Å². The molecule has 1 amide bonds. The predicted octanol–water partition coefficient (Wildman–Crippen LogP) is 1.51. The van der Waals surface area contributed by atoms with Crippen molar-refractivity contribution < 1.29 is 14.3 Å². The Kier molecular flexibility index (Phi) is 4.97. The highest BCUT2D eigenvalue weighted by atomic mass is 16.5. The second kappa shape index (κ2) is 6.92. The first-order valence-electron chi connectivity index (χ1n) is 6.67. The third kappa shape index (κ3) is 3.97. The van der Waals surface area contributed by atoms with Crippen LogP contribution in [-0.2, 0) is 9.53 Å². The van der Waals surface area contributed by atoms with Crippen LogP contribution in [0, 0.1) is 18.3 Å². The van der Waals surface area contributed by atoms with Crippen LogP contribution in [0.1, 0.15) is 12.0 Å². The van der Waals surface area contributed by atoms with Crippen LogP contribution in [0.25, 0.3) is 0 Å². The average molecular weight is 274 g/mol. The number of ether oxygens (including phenoxy) is 2. The van der Waals surface area contributed by atoms with Gasteiger partial charge in [-0.25, -0.2) is 0 Å². The molecule has 1 aromatic rings. The summed E-state index contributed by atoms with van der Waals surface area (Å²) in [5, 5.41) is 8.80. The summed E-state index contributed by atoms with van der Waals surface area (Å²) in [6.45, 7) is 3.65. The number of benzene rings is 1. The summed E-state index contributed by atoms with van der Waals surface area (Å²) in [5.74, 6) is 0.774. The largest absolute Gasteiger partial charge is 0.493 e. The molecule has 0 aromatic heterocycles. The van der Waals surface area contributed by atoms with Gasteiger partial charge in [0.1, 0.15) is 5.75 Å². The Hall–Kier alpha value is -2.06. The minimum Gasteiger partial charge on any atom is -0.493 e. The highest BCUT2D eigenvalue weighted by Gasteiger charge is 2.23. The van der Waals surface area contributed by atoms with Gasteiger partial charge in [-0.1, -0.05) is 12.1 Å². The van der Waals surface area contributed by atoms with Gasteiger partial charge in [0, 0.05) is 6.54 Å². The Morgan fingerprint density at radius 3 is 3.20 bits per heavy atom. The molecule has 1 saturated heterocycles. The van der Waals surface area contributed by atoms with Crippen LogP contribution in [0.4, 0.5) is 0 Å². The van der Waals surface area contributed by atoms with Crippen molar-refractivity contribution in [3.8, 4) is 11.8 Å². The van der Waals surface area contributed by atoms with E-state index in [2.05, 4.69) is 0 Å². The summed E-state index contributed by atoms with van der Waals surface area (Å²) < 4.78 is 10.8. The standard InChI is InChI=1S/C15H18N2O3/c1-12-3-2-4-13(9-12)19-7-5-15(18)17-6-8-20-14(10-16)11-17/h2-4,9,14H,5-8,11H2,1H3. The maximum atomic E-state index is 12.0. The molecule has 1 aliphatic heterocycles. The molecule has 106 valence electrons. The molecule has 1 heterocycles. The van der Waals surface area contributed by atoms with E-state index in [0.29, 0.717) is 32.7 Å². The van der Waals surface area contributed by atoms with Crippen molar-refractivity contribution in [2.24, 2.45) is 0 Å². The molecule has 1 atom stereocenters. The lowest BCUT2D eigenvalue weighted by atomic mass is 10.2. The van der Waals surface area contributed by atoms with Crippen molar-refractivity contribution in [2.45, 2.75) is 19.4 Å². The van der Waals surface area contributed by atoms with Gasteiger partial charge in [0.25, 0.3) is 0 Å². The number of nitrogens with zero attached hydrogens (tertiary/aromatic N) is 2. The van der Waals surface area contributed by atoms with Gasteiger partial charge in [0.15, 0.2) is 6.10 Å². The highest BCUT2D eigenvalue weighted by molar-refractivity contribution is 5.76. The number of hydrogen-bond donors (Lipinski definition) is 0. The SMILES string of the molecule is Cc1cccc(OCCC(=O)N2CCOC(C#N)C2)c1. The first-order valence-corrected chi connectivity index (χ1v) is 6.67. The van der Waals surface area contributed by atoms with Gasteiger partial charge >= 0.3 is 0 Å². The number of amides is 1. The maximum Gasteiger partial charge on any atom is 0.226 e. The van der Waals surface area contributed by atoms with Gasteiger partial charge in [-0.2, -0.15) is 5.26 Å². The molecule has 5 heteroatoms. The van der Waals surface area contributed by atoms with E-state index in [1.54, 1.807) is 4.90 Å². The van der Waals surface area contributed by atoms with Crippen LogP contribution in [0.3, 0.4) is 0 Å². The van der Waals surface area contributed by atoms with Gasteiger partial charge in [-0.05, 0) is 24.6 Å². The van der Waals surface area contributed by atoms with E-state index in [4.69, 9.17) is 14.7 Å². The van der Waals surface area contributed by atoms with E-state index in [1.165, 1.54) is 0 Å². The first kappa shape index (κ1) is 14.4. The van der Waals surface area contributed by atoms with E-state index >= 15 is 0 Å². The third-order valence-electron chi connectivity index (χ3n) is 3.14. The van der Waals surface area contributed by atoms with E-state index in [1.807, 2.05) is 37.3 Å². The molecule has 0 aliphatic carbocycles. The Balaban J connectivity index is 1.76. The van der Waals surface area contributed by atoms with Gasteiger partial charge < -0.3 is 14.4 Å². The molecule has 1 unspecified atom stereocenters. The Labute approximate surface area is 118 Å². The van der Waals surface area contributed by atoms with E-state index < -0.39 is 6.10 Å². The minimum atomic E-state index is -0.509. The quantitative estimate of drug-likeness (QED) is 0.835. The smallest absolute Gasteiger partial charge is 0.226 e. The lowest BCUT2D eigenvalue weighted by molar-refractivity contribution is -0.137. The molecule has 0 bridgehead atoms. The Morgan fingerprint density at radius 2 is 2.45 bits per heavy atom. The fraction of sp³-hybridized carbons (Fsp3) is 0.467. The maximum absolute atomic E-state index is 12.0. The number of morpholine rings is 1. The zero-order valence-electron chi connectivity index (χ0n) is 11.5. The summed E-state index contributed by atoms with van der Waals surface area (Å²) in [6.07, 6.45) is -0.197. The number of carbonyl (C=O) groups is 1. The number of hydrogen-bond acceptors (Lipinski definition) is 4. The zero-order chi connectivity index (χ0) is 14.4. The molecule has 20 heavy (non-hydrogen) atoms. The van der Waals surface area contributed by atoms with Crippen LogP contribution >= 0.6 is 0 Å².